The molecular formula is C12H20N2O. The maximum absolute atomic E-state index is 10.7. The zero-order valence-electron chi connectivity index (χ0n) is 10.1. The highest BCUT2D eigenvalue weighted by atomic mass is 16.1. The average Bonchev–Trinajstić information content (AvgIpc) is 2.44. The Balaban J connectivity index is 2.68. The van der Waals surface area contributed by atoms with E-state index in [0.29, 0.717) is 0 Å². The summed E-state index contributed by atoms with van der Waals surface area (Å²) in [7, 11) is 4.16. The van der Waals surface area contributed by atoms with Crippen molar-refractivity contribution in [3.8, 4) is 0 Å². The van der Waals surface area contributed by atoms with Gasteiger partial charge in [-0.3, -0.25) is 9.36 Å². The Morgan fingerprint density at radius 2 is 2.07 bits per heavy atom. The first-order chi connectivity index (χ1) is 7.06. The molecule has 0 spiro atoms. The topological polar surface area (TPSA) is 25.2 Å². The lowest BCUT2D eigenvalue weighted by molar-refractivity contribution is 0.400. The van der Waals surface area contributed by atoms with E-state index in [9.17, 15) is 4.79 Å². The predicted molar refractivity (Wildman–Crippen MR) is 62.9 cm³/mol. The van der Waals surface area contributed by atoms with Crippen LogP contribution in [0.25, 0.3) is 0 Å². The number of hydrogen-bond acceptors (Lipinski definition) is 2. The Hall–Kier alpha value is -1.09. The van der Waals surface area contributed by atoms with Gasteiger partial charge in [0, 0.05) is 11.9 Å². The fraction of sp³-hybridized carbons (Fsp3) is 0.583. The summed E-state index contributed by atoms with van der Waals surface area (Å²) in [6.45, 7) is 5.16. The van der Waals surface area contributed by atoms with E-state index in [1.54, 1.807) is 4.57 Å². The molecule has 0 fully saturated rings. The molecule has 0 aliphatic rings. The van der Waals surface area contributed by atoms with E-state index in [1.165, 1.54) is 11.1 Å². The monoisotopic (exact) mass is 208 g/mol. The van der Waals surface area contributed by atoms with E-state index in [2.05, 4.69) is 25.9 Å². The standard InChI is InChI=1S/C12H20N2O/c1-10-8-14(9-15)11(2)12(10)6-5-7-13(3)4/h8-9H,5-7H2,1-4H3. The molecule has 0 N–H and O–H groups in total. The highest BCUT2D eigenvalue weighted by molar-refractivity contribution is 5.56. The summed E-state index contributed by atoms with van der Waals surface area (Å²) in [5, 5.41) is 0. The zero-order valence-corrected chi connectivity index (χ0v) is 10.1. The van der Waals surface area contributed by atoms with Crippen molar-refractivity contribution in [1.82, 2.24) is 9.47 Å². The van der Waals surface area contributed by atoms with Crippen molar-refractivity contribution in [2.75, 3.05) is 20.6 Å². The second-order valence-corrected chi connectivity index (χ2v) is 4.30. The Morgan fingerprint density at radius 1 is 1.40 bits per heavy atom. The average molecular weight is 208 g/mol. The summed E-state index contributed by atoms with van der Waals surface area (Å²) in [4.78, 5) is 12.9. The fourth-order valence-corrected chi connectivity index (χ4v) is 1.88. The Morgan fingerprint density at radius 3 is 2.53 bits per heavy atom. The van der Waals surface area contributed by atoms with Crippen molar-refractivity contribution in [2.45, 2.75) is 26.7 Å². The number of carbonyl (C=O) groups is 1. The second kappa shape index (κ2) is 5.12. The Bertz CT molecular complexity index is 340. The van der Waals surface area contributed by atoms with Gasteiger partial charge in [0.2, 0.25) is 6.41 Å². The first-order valence-corrected chi connectivity index (χ1v) is 5.33. The molecule has 1 aromatic heterocycles. The molecule has 0 aromatic carbocycles. The van der Waals surface area contributed by atoms with E-state index >= 15 is 0 Å². The minimum absolute atomic E-state index is 0.873. The van der Waals surface area contributed by atoms with E-state index in [-0.39, 0.29) is 0 Å². The lowest BCUT2D eigenvalue weighted by Crippen LogP contribution is -2.13. The molecule has 1 aromatic rings. The number of nitrogens with zero attached hydrogens (tertiary/aromatic N) is 2. The number of aromatic nitrogens is 1. The number of hydrogen-bond donors (Lipinski definition) is 0. The van der Waals surface area contributed by atoms with Crippen LogP contribution >= 0.6 is 0 Å². The summed E-state index contributed by atoms with van der Waals surface area (Å²) in [6.07, 6.45) is 4.97. The van der Waals surface area contributed by atoms with Crippen LogP contribution in [0.1, 0.15) is 23.2 Å². The molecule has 0 unspecified atom stereocenters. The summed E-state index contributed by atoms with van der Waals surface area (Å²) < 4.78 is 1.67. The summed E-state index contributed by atoms with van der Waals surface area (Å²) in [5.74, 6) is 0. The molecule has 1 rings (SSSR count). The number of rotatable bonds is 5. The molecule has 0 aliphatic heterocycles. The second-order valence-electron chi connectivity index (χ2n) is 4.30. The van der Waals surface area contributed by atoms with E-state index < -0.39 is 0 Å². The molecule has 0 radical (unpaired) electrons. The SMILES string of the molecule is Cc1cn(C=O)c(C)c1CCCN(C)C. The van der Waals surface area contributed by atoms with Gasteiger partial charge < -0.3 is 4.90 Å². The van der Waals surface area contributed by atoms with Crippen molar-refractivity contribution in [3.05, 3.63) is 23.0 Å². The van der Waals surface area contributed by atoms with Gasteiger partial charge in [0.25, 0.3) is 0 Å². The summed E-state index contributed by atoms with van der Waals surface area (Å²) in [6, 6.07) is 0. The number of carbonyl (C=O) groups excluding carboxylic acids is 1. The van der Waals surface area contributed by atoms with Gasteiger partial charge in [-0.2, -0.15) is 0 Å². The molecule has 0 bridgehead atoms. The lowest BCUT2D eigenvalue weighted by atomic mass is 10.1. The van der Waals surface area contributed by atoms with Crippen LogP contribution in [0, 0.1) is 13.8 Å². The lowest BCUT2D eigenvalue weighted by Gasteiger charge is -2.09. The van der Waals surface area contributed by atoms with Gasteiger partial charge in [-0.05, 0) is 58.5 Å². The van der Waals surface area contributed by atoms with Crippen LogP contribution in [0.3, 0.4) is 0 Å². The molecule has 0 amide bonds. The van der Waals surface area contributed by atoms with Crippen LogP contribution in [0.15, 0.2) is 6.20 Å². The first kappa shape index (κ1) is 12.0. The van der Waals surface area contributed by atoms with Crippen LogP contribution in [-0.2, 0) is 11.2 Å². The maximum Gasteiger partial charge on any atom is 0.217 e. The first-order valence-electron chi connectivity index (χ1n) is 5.33. The van der Waals surface area contributed by atoms with Crippen LogP contribution in [0.4, 0.5) is 0 Å². The molecule has 84 valence electrons. The van der Waals surface area contributed by atoms with E-state index in [0.717, 1.165) is 31.5 Å². The minimum Gasteiger partial charge on any atom is -0.309 e. The van der Waals surface area contributed by atoms with Crippen molar-refractivity contribution >= 4 is 6.41 Å². The summed E-state index contributed by atoms with van der Waals surface area (Å²) >= 11 is 0. The molecule has 15 heavy (non-hydrogen) atoms. The predicted octanol–water partition coefficient (Wildman–Crippen LogP) is 1.64. The minimum atomic E-state index is 0.873. The van der Waals surface area contributed by atoms with Crippen LogP contribution < -0.4 is 0 Å². The van der Waals surface area contributed by atoms with E-state index in [1.807, 2.05) is 13.1 Å². The molecule has 3 nitrogen and oxygen atoms in total. The molecule has 0 saturated carbocycles. The third-order valence-electron chi connectivity index (χ3n) is 2.78. The van der Waals surface area contributed by atoms with Crippen molar-refractivity contribution < 1.29 is 4.79 Å². The highest BCUT2D eigenvalue weighted by Gasteiger charge is 2.08. The maximum atomic E-state index is 10.7. The van der Waals surface area contributed by atoms with Gasteiger partial charge >= 0.3 is 0 Å². The number of aryl methyl sites for hydroxylation is 1. The normalized spacial score (nSPS) is 11.0. The third kappa shape index (κ3) is 2.93. The van der Waals surface area contributed by atoms with Crippen LogP contribution in [0.5, 0.6) is 0 Å². The van der Waals surface area contributed by atoms with Crippen LogP contribution in [0.2, 0.25) is 0 Å². The smallest absolute Gasteiger partial charge is 0.217 e. The van der Waals surface area contributed by atoms with Crippen molar-refractivity contribution in [3.63, 3.8) is 0 Å². The van der Waals surface area contributed by atoms with Crippen molar-refractivity contribution in [2.24, 2.45) is 0 Å². The van der Waals surface area contributed by atoms with Gasteiger partial charge in [-0.1, -0.05) is 0 Å². The largest absolute Gasteiger partial charge is 0.309 e. The Kier molecular flexibility index (Phi) is 4.09. The Labute approximate surface area is 91.7 Å². The van der Waals surface area contributed by atoms with Crippen LogP contribution in [-0.4, -0.2) is 36.5 Å². The quantitative estimate of drug-likeness (QED) is 0.687. The van der Waals surface area contributed by atoms with Gasteiger partial charge in [-0.25, -0.2) is 0 Å². The third-order valence-corrected chi connectivity index (χ3v) is 2.78. The molecule has 1 heterocycles. The highest BCUT2D eigenvalue weighted by Crippen LogP contribution is 2.16. The zero-order chi connectivity index (χ0) is 11.4. The fourth-order valence-electron chi connectivity index (χ4n) is 1.88. The van der Waals surface area contributed by atoms with Gasteiger partial charge in [-0.15, -0.1) is 0 Å². The van der Waals surface area contributed by atoms with E-state index in [4.69, 9.17) is 0 Å². The van der Waals surface area contributed by atoms with Gasteiger partial charge in [0.15, 0.2) is 0 Å². The molecule has 3 heteroatoms. The molecule has 0 atom stereocenters. The summed E-state index contributed by atoms with van der Waals surface area (Å²) in [5.41, 5.74) is 3.63. The molecular weight excluding hydrogens is 188 g/mol. The van der Waals surface area contributed by atoms with Gasteiger partial charge in [0.05, 0.1) is 0 Å². The molecule has 0 saturated heterocycles. The molecule has 0 aliphatic carbocycles. The van der Waals surface area contributed by atoms with Crippen molar-refractivity contribution in [1.29, 1.82) is 0 Å². The van der Waals surface area contributed by atoms with Gasteiger partial charge in [0.1, 0.15) is 0 Å².